The summed E-state index contributed by atoms with van der Waals surface area (Å²) in [6, 6.07) is 9.14. The van der Waals surface area contributed by atoms with Crippen LogP contribution in [-0.2, 0) is 10.5 Å². The van der Waals surface area contributed by atoms with Crippen LogP contribution in [0.15, 0.2) is 30.3 Å². The van der Waals surface area contributed by atoms with E-state index < -0.39 is 0 Å². The third-order valence-corrected chi connectivity index (χ3v) is 5.15. The van der Waals surface area contributed by atoms with Gasteiger partial charge in [0.05, 0.1) is 23.6 Å². The SMILES string of the molecule is COc1ccc(C(C)=O)cc1CSCC(=O)Nc1c(C)cc(C)cc1Cl. The Labute approximate surface area is 163 Å². The highest BCUT2D eigenvalue weighted by molar-refractivity contribution is 7.99. The van der Waals surface area contributed by atoms with Gasteiger partial charge in [0.1, 0.15) is 5.75 Å². The minimum Gasteiger partial charge on any atom is -0.496 e. The molecule has 2 aromatic carbocycles. The molecule has 0 saturated carbocycles. The molecule has 0 heterocycles. The Balaban J connectivity index is 1.99. The number of nitrogens with one attached hydrogen (secondary N) is 1. The van der Waals surface area contributed by atoms with Crippen LogP contribution in [0.1, 0.15) is 34.0 Å². The van der Waals surface area contributed by atoms with Crippen LogP contribution in [0, 0.1) is 13.8 Å². The molecule has 0 atom stereocenters. The van der Waals surface area contributed by atoms with Crippen LogP contribution in [0.25, 0.3) is 0 Å². The number of halogens is 1. The predicted molar refractivity (Wildman–Crippen MR) is 109 cm³/mol. The van der Waals surface area contributed by atoms with Crippen molar-refractivity contribution < 1.29 is 14.3 Å². The molecule has 0 aliphatic carbocycles. The lowest BCUT2D eigenvalue weighted by Crippen LogP contribution is -2.15. The number of benzene rings is 2. The predicted octanol–water partition coefficient (Wildman–Crippen LogP) is 5.04. The van der Waals surface area contributed by atoms with Crippen molar-refractivity contribution >= 4 is 40.7 Å². The van der Waals surface area contributed by atoms with Crippen LogP contribution < -0.4 is 10.1 Å². The van der Waals surface area contributed by atoms with Gasteiger partial charge in [-0.1, -0.05) is 17.7 Å². The first-order chi connectivity index (χ1) is 12.3. The first-order valence-electron chi connectivity index (χ1n) is 8.14. The minimum absolute atomic E-state index is 0.00105. The summed E-state index contributed by atoms with van der Waals surface area (Å²) >= 11 is 7.68. The number of anilines is 1. The number of ketones is 1. The lowest BCUT2D eigenvalue weighted by Gasteiger charge is -2.12. The van der Waals surface area contributed by atoms with E-state index in [0.717, 1.165) is 16.7 Å². The quantitative estimate of drug-likeness (QED) is 0.672. The molecule has 1 amide bonds. The number of Topliss-reactive ketones (excluding diaryl/α,β-unsaturated/α-hetero) is 1. The number of aryl methyl sites for hydroxylation is 2. The number of methoxy groups -OCH3 is 1. The highest BCUT2D eigenvalue weighted by Gasteiger charge is 2.11. The Bertz CT molecular complexity index is 813. The summed E-state index contributed by atoms with van der Waals surface area (Å²) in [4.78, 5) is 23.8. The van der Waals surface area contributed by atoms with Crippen molar-refractivity contribution in [3.05, 3.63) is 57.6 Å². The third-order valence-electron chi connectivity index (χ3n) is 3.87. The lowest BCUT2D eigenvalue weighted by atomic mass is 10.1. The van der Waals surface area contributed by atoms with Crippen LogP contribution in [0.4, 0.5) is 5.69 Å². The standard InChI is InChI=1S/C20H22ClNO3S/c1-12-7-13(2)20(17(21)8-12)22-19(24)11-26-10-16-9-15(14(3)23)5-6-18(16)25-4/h5-9H,10-11H2,1-4H3,(H,22,24). The summed E-state index contributed by atoms with van der Waals surface area (Å²) in [5.41, 5.74) is 4.16. The van der Waals surface area contributed by atoms with E-state index in [2.05, 4.69) is 5.32 Å². The number of hydrogen-bond donors (Lipinski definition) is 1. The van der Waals surface area contributed by atoms with Crippen molar-refractivity contribution in [2.45, 2.75) is 26.5 Å². The van der Waals surface area contributed by atoms with Crippen LogP contribution in [-0.4, -0.2) is 24.6 Å². The summed E-state index contributed by atoms with van der Waals surface area (Å²) in [5.74, 6) is 1.43. The van der Waals surface area contributed by atoms with Gasteiger partial charge in [0.25, 0.3) is 0 Å². The number of rotatable bonds is 7. The number of carbonyl (C=O) groups excluding carboxylic acids is 2. The van der Waals surface area contributed by atoms with Gasteiger partial charge in [-0.25, -0.2) is 0 Å². The van der Waals surface area contributed by atoms with Crippen molar-refractivity contribution in [3.8, 4) is 5.75 Å². The summed E-state index contributed by atoms with van der Waals surface area (Å²) < 4.78 is 5.33. The van der Waals surface area contributed by atoms with Gasteiger partial charge in [-0.15, -0.1) is 11.8 Å². The Hall–Kier alpha value is -1.98. The second-order valence-electron chi connectivity index (χ2n) is 6.06. The maximum atomic E-state index is 12.2. The molecule has 0 spiro atoms. The van der Waals surface area contributed by atoms with Crippen LogP contribution in [0.2, 0.25) is 5.02 Å². The smallest absolute Gasteiger partial charge is 0.234 e. The van der Waals surface area contributed by atoms with Crippen molar-refractivity contribution in [2.24, 2.45) is 0 Å². The molecular weight excluding hydrogens is 370 g/mol. The first-order valence-corrected chi connectivity index (χ1v) is 9.67. The largest absolute Gasteiger partial charge is 0.496 e. The molecule has 138 valence electrons. The Kier molecular flexibility index (Phi) is 7.12. The molecule has 26 heavy (non-hydrogen) atoms. The van der Waals surface area contributed by atoms with Gasteiger partial charge in [0.2, 0.25) is 5.91 Å². The molecule has 0 fully saturated rings. The van der Waals surface area contributed by atoms with Gasteiger partial charge < -0.3 is 10.1 Å². The Morgan fingerprint density at radius 1 is 1.19 bits per heavy atom. The van der Waals surface area contributed by atoms with Gasteiger partial charge in [-0.2, -0.15) is 0 Å². The monoisotopic (exact) mass is 391 g/mol. The van der Waals surface area contributed by atoms with E-state index in [1.165, 1.54) is 18.7 Å². The van der Waals surface area contributed by atoms with Crippen LogP contribution >= 0.6 is 23.4 Å². The lowest BCUT2D eigenvalue weighted by molar-refractivity contribution is -0.113. The van der Waals surface area contributed by atoms with Crippen LogP contribution in [0.5, 0.6) is 5.75 Å². The zero-order valence-electron chi connectivity index (χ0n) is 15.3. The first kappa shape index (κ1) is 20.3. The molecule has 1 N–H and O–H groups in total. The molecule has 0 bridgehead atoms. The molecular formula is C20H22ClNO3S. The molecule has 0 aliphatic rings. The average Bonchev–Trinajstić information content (AvgIpc) is 2.57. The van der Waals surface area contributed by atoms with E-state index in [-0.39, 0.29) is 17.4 Å². The zero-order valence-corrected chi connectivity index (χ0v) is 16.9. The second kappa shape index (κ2) is 9.10. The summed E-state index contributed by atoms with van der Waals surface area (Å²) in [6.45, 7) is 5.41. The second-order valence-corrected chi connectivity index (χ2v) is 7.46. The number of thioether (sulfide) groups is 1. The maximum Gasteiger partial charge on any atom is 0.234 e. The number of ether oxygens (including phenoxy) is 1. The normalized spacial score (nSPS) is 10.5. The Morgan fingerprint density at radius 3 is 2.54 bits per heavy atom. The molecule has 2 aromatic rings. The molecule has 0 radical (unpaired) electrons. The fourth-order valence-electron chi connectivity index (χ4n) is 2.61. The van der Waals surface area contributed by atoms with Gasteiger partial charge in [-0.05, 0) is 56.2 Å². The topological polar surface area (TPSA) is 55.4 Å². The van der Waals surface area contributed by atoms with E-state index >= 15 is 0 Å². The van der Waals surface area contributed by atoms with Gasteiger partial charge >= 0.3 is 0 Å². The minimum atomic E-state index is -0.120. The van der Waals surface area contributed by atoms with E-state index in [0.29, 0.717) is 27.8 Å². The van der Waals surface area contributed by atoms with E-state index in [9.17, 15) is 9.59 Å². The van der Waals surface area contributed by atoms with E-state index in [4.69, 9.17) is 16.3 Å². The third kappa shape index (κ3) is 5.26. The van der Waals surface area contributed by atoms with Gasteiger partial charge in [0, 0.05) is 16.9 Å². The zero-order chi connectivity index (χ0) is 19.3. The van der Waals surface area contributed by atoms with E-state index in [1.54, 1.807) is 19.2 Å². The van der Waals surface area contributed by atoms with Gasteiger partial charge in [-0.3, -0.25) is 9.59 Å². The summed E-state index contributed by atoms with van der Waals surface area (Å²) in [5, 5.41) is 3.41. The molecule has 2 rings (SSSR count). The molecule has 6 heteroatoms. The van der Waals surface area contributed by atoms with Crippen molar-refractivity contribution in [2.75, 3.05) is 18.2 Å². The highest BCUT2D eigenvalue weighted by Crippen LogP contribution is 2.28. The molecule has 4 nitrogen and oxygen atoms in total. The molecule has 0 unspecified atom stereocenters. The van der Waals surface area contributed by atoms with Crippen LogP contribution in [0.3, 0.4) is 0 Å². The average molecular weight is 392 g/mol. The number of hydrogen-bond acceptors (Lipinski definition) is 4. The van der Waals surface area contributed by atoms with Crippen molar-refractivity contribution in [1.29, 1.82) is 0 Å². The maximum absolute atomic E-state index is 12.2. The van der Waals surface area contributed by atoms with Crippen molar-refractivity contribution in [3.63, 3.8) is 0 Å². The fourth-order valence-corrected chi connectivity index (χ4v) is 3.79. The highest BCUT2D eigenvalue weighted by atomic mass is 35.5. The summed E-state index contributed by atoms with van der Waals surface area (Å²) in [7, 11) is 1.59. The number of carbonyl (C=O) groups is 2. The Morgan fingerprint density at radius 2 is 1.92 bits per heavy atom. The fraction of sp³-hybridized carbons (Fsp3) is 0.300. The van der Waals surface area contributed by atoms with E-state index in [1.807, 2.05) is 32.0 Å². The van der Waals surface area contributed by atoms with Gasteiger partial charge in [0.15, 0.2) is 5.78 Å². The molecule has 0 aliphatic heterocycles. The number of amides is 1. The van der Waals surface area contributed by atoms with Crippen molar-refractivity contribution in [1.82, 2.24) is 0 Å². The summed E-state index contributed by atoms with van der Waals surface area (Å²) in [6.07, 6.45) is 0. The molecule has 0 aromatic heterocycles. The molecule has 0 saturated heterocycles.